The van der Waals surface area contributed by atoms with Crippen molar-refractivity contribution in [3.63, 3.8) is 0 Å². The van der Waals surface area contributed by atoms with Crippen LogP contribution in [-0.2, 0) is 0 Å². The summed E-state index contributed by atoms with van der Waals surface area (Å²) >= 11 is 0. The van der Waals surface area contributed by atoms with Crippen LogP contribution in [-0.4, -0.2) is 16.5 Å². The first-order chi connectivity index (χ1) is 10.3. The summed E-state index contributed by atoms with van der Waals surface area (Å²) in [7, 11) is 0. The summed E-state index contributed by atoms with van der Waals surface area (Å²) < 4.78 is 0. The van der Waals surface area contributed by atoms with E-state index < -0.39 is 0 Å². The highest BCUT2D eigenvalue weighted by Crippen LogP contribution is 2.27. The number of aryl methyl sites for hydroxylation is 1. The van der Waals surface area contributed by atoms with Crippen molar-refractivity contribution in [2.45, 2.75) is 20.3 Å². The van der Waals surface area contributed by atoms with E-state index in [4.69, 9.17) is 0 Å². The molecule has 0 aliphatic carbocycles. The van der Waals surface area contributed by atoms with Gasteiger partial charge in [0.25, 0.3) is 0 Å². The van der Waals surface area contributed by atoms with Crippen LogP contribution in [0.15, 0.2) is 48.5 Å². The third-order valence-electron chi connectivity index (χ3n) is 3.44. The third kappa shape index (κ3) is 2.87. The van der Waals surface area contributed by atoms with Gasteiger partial charge in [-0.25, -0.2) is 9.97 Å². The summed E-state index contributed by atoms with van der Waals surface area (Å²) in [5, 5.41) is 5.74. The van der Waals surface area contributed by atoms with Gasteiger partial charge < -0.3 is 5.32 Å². The van der Waals surface area contributed by atoms with Gasteiger partial charge in [-0.05, 0) is 24.1 Å². The van der Waals surface area contributed by atoms with Gasteiger partial charge in [0.2, 0.25) is 0 Å². The van der Waals surface area contributed by atoms with Crippen LogP contribution in [0.5, 0.6) is 0 Å². The molecule has 0 radical (unpaired) electrons. The van der Waals surface area contributed by atoms with Gasteiger partial charge in [0.05, 0.1) is 0 Å². The molecule has 3 heteroatoms. The Morgan fingerprint density at radius 3 is 2.67 bits per heavy atom. The quantitative estimate of drug-likeness (QED) is 0.766. The first kappa shape index (κ1) is 13.6. The molecule has 0 saturated heterocycles. The zero-order valence-corrected chi connectivity index (χ0v) is 12.4. The average Bonchev–Trinajstić information content (AvgIpc) is 2.52. The van der Waals surface area contributed by atoms with Crippen molar-refractivity contribution in [2.75, 3.05) is 11.9 Å². The fourth-order valence-corrected chi connectivity index (χ4v) is 2.45. The van der Waals surface area contributed by atoms with E-state index in [0.29, 0.717) is 0 Å². The van der Waals surface area contributed by atoms with E-state index in [0.717, 1.165) is 35.9 Å². The van der Waals surface area contributed by atoms with Crippen molar-refractivity contribution in [3.8, 4) is 11.4 Å². The molecule has 0 bridgehead atoms. The van der Waals surface area contributed by atoms with Crippen molar-refractivity contribution in [1.82, 2.24) is 9.97 Å². The summed E-state index contributed by atoms with van der Waals surface area (Å²) in [6.45, 7) is 5.07. The Labute approximate surface area is 125 Å². The van der Waals surface area contributed by atoms with Crippen LogP contribution in [0.4, 0.5) is 5.82 Å². The standard InChI is InChI=1S/C18H19N3/c1-3-11-19-17-12-13(2)20-18(21-17)16-10-6-8-14-7-4-5-9-15(14)16/h4-10,12H,3,11H2,1-2H3,(H,19,20,21). The lowest BCUT2D eigenvalue weighted by molar-refractivity contribution is 0.962. The molecule has 21 heavy (non-hydrogen) atoms. The monoisotopic (exact) mass is 277 g/mol. The highest BCUT2D eigenvalue weighted by Gasteiger charge is 2.08. The van der Waals surface area contributed by atoms with E-state index in [9.17, 15) is 0 Å². The molecule has 0 amide bonds. The molecule has 3 aromatic rings. The lowest BCUT2D eigenvalue weighted by Gasteiger charge is -2.09. The molecule has 1 N–H and O–H groups in total. The predicted molar refractivity (Wildman–Crippen MR) is 88.5 cm³/mol. The summed E-state index contributed by atoms with van der Waals surface area (Å²) in [6, 6.07) is 16.6. The number of nitrogens with one attached hydrogen (secondary N) is 1. The third-order valence-corrected chi connectivity index (χ3v) is 3.44. The van der Waals surface area contributed by atoms with Gasteiger partial charge in [0.15, 0.2) is 5.82 Å². The second kappa shape index (κ2) is 5.92. The van der Waals surface area contributed by atoms with E-state index in [1.165, 1.54) is 10.8 Å². The largest absolute Gasteiger partial charge is 0.370 e. The summed E-state index contributed by atoms with van der Waals surface area (Å²) in [4.78, 5) is 9.28. The van der Waals surface area contributed by atoms with Crippen LogP contribution in [0, 0.1) is 6.92 Å². The maximum absolute atomic E-state index is 4.67. The fraction of sp³-hybridized carbons (Fsp3) is 0.222. The molecule has 1 aromatic heterocycles. The molecule has 0 saturated carbocycles. The van der Waals surface area contributed by atoms with Gasteiger partial charge in [0, 0.05) is 23.9 Å². The topological polar surface area (TPSA) is 37.8 Å². The number of anilines is 1. The van der Waals surface area contributed by atoms with E-state index in [-0.39, 0.29) is 0 Å². The first-order valence-electron chi connectivity index (χ1n) is 7.35. The Kier molecular flexibility index (Phi) is 3.82. The average molecular weight is 277 g/mol. The van der Waals surface area contributed by atoms with E-state index in [2.05, 4.69) is 64.7 Å². The lowest BCUT2D eigenvalue weighted by atomic mass is 10.0. The molecule has 3 rings (SSSR count). The highest BCUT2D eigenvalue weighted by molar-refractivity contribution is 5.95. The van der Waals surface area contributed by atoms with Crippen LogP contribution < -0.4 is 5.32 Å². The number of hydrogen-bond acceptors (Lipinski definition) is 3. The number of benzene rings is 2. The molecular formula is C18H19N3. The maximum Gasteiger partial charge on any atom is 0.162 e. The van der Waals surface area contributed by atoms with Gasteiger partial charge in [-0.1, -0.05) is 49.4 Å². The van der Waals surface area contributed by atoms with E-state index in [1.54, 1.807) is 0 Å². The molecular weight excluding hydrogens is 258 g/mol. The summed E-state index contributed by atoms with van der Waals surface area (Å²) in [5.41, 5.74) is 2.06. The van der Waals surface area contributed by atoms with Crippen LogP contribution in [0.3, 0.4) is 0 Å². The van der Waals surface area contributed by atoms with Gasteiger partial charge in [0.1, 0.15) is 5.82 Å². The second-order valence-corrected chi connectivity index (χ2v) is 5.17. The molecule has 0 spiro atoms. The Hall–Kier alpha value is -2.42. The number of rotatable bonds is 4. The number of aromatic nitrogens is 2. The number of fused-ring (bicyclic) bond motifs is 1. The van der Waals surface area contributed by atoms with Crippen LogP contribution in [0.2, 0.25) is 0 Å². The lowest BCUT2D eigenvalue weighted by Crippen LogP contribution is -2.04. The normalized spacial score (nSPS) is 10.8. The van der Waals surface area contributed by atoms with Gasteiger partial charge in [-0.3, -0.25) is 0 Å². The summed E-state index contributed by atoms with van der Waals surface area (Å²) in [6.07, 6.45) is 1.08. The zero-order chi connectivity index (χ0) is 14.7. The van der Waals surface area contributed by atoms with Crippen molar-refractivity contribution in [1.29, 1.82) is 0 Å². The Morgan fingerprint density at radius 1 is 1.00 bits per heavy atom. The van der Waals surface area contributed by atoms with Gasteiger partial charge in [-0.2, -0.15) is 0 Å². The zero-order valence-electron chi connectivity index (χ0n) is 12.4. The molecule has 3 nitrogen and oxygen atoms in total. The second-order valence-electron chi connectivity index (χ2n) is 5.17. The molecule has 1 heterocycles. The first-order valence-corrected chi connectivity index (χ1v) is 7.35. The molecule has 0 atom stereocenters. The van der Waals surface area contributed by atoms with Crippen molar-refractivity contribution in [3.05, 3.63) is 54.2 Å². The van der Waals surface area contributed by atoms with Crippen LogP contribution in [0.25, 0.3) is 22.2 Å². The Morgan fingerprint density at radius 2 is 1.81 bits per heavy atom. The summed E-state index contributed by atoms with van der Waals surface area (Å²) in [5.74, 6) is 1.68. The molecule has 0 fully saturated rings. The minimum Gasteiger partial charge on any atom is -0.370 e. The van der Waals surface area contributed by atoms with Crippen LogP contribution >= 0.6 is 0 Å². The molecule has 0 aliphatic rings. The molecule has 0 aliphatic heterocycles. The molecule has 2 aromatic carbocycles. The maximum atomic E-state index is 4.67. The van der Waals surface area contributed by atoms with E-state index in [1.807, 2.05) is 13.0 Å². The SMILES string of the molecule is CCCNc1cc(C)nc(-c2cccc3ccccc23)n1. The minimum atomic E-state index is 0.783. The van der Waals surface area contributed by atoms with Crippen molar-refractivity contribution < 1.29 is 0 Å². The van der Waals surface area contributed by atoms with Crippen molar-refractivity contribution in [2.24, 2.45) is 0 Å². The molecule has 0 unspecified atom stereocenters. The Bertz CT molecular complexity index is 760. The predicted octanol–water partition coefficient (Wildman–Crippen LogP) is 4.43. The van der Waals surface area contributed by atoms with Crippen LogP contribution in [0.1, 0.15) is 19.0 Å². The molecule has 106 valence electrons. The van der Waals surface area contributed by atoms with Gasteiger partial charge >= 0.3 is 0 Å². The Balaban J connectivity index is 2.12. The number of nitrogens with zero attached hydrogens (tertiary/aromatic N) is 2. The van der Waals surface area contributed by atoms with E-state index >= 15 is 0 Å². The highest BCUT2D eigenvalue weighted by atomic mass is 15.0. The number of hydrogen-bond donors (Lipinski definition) is 1. The smallest absolute Gasteiger partial charge is 0.162 e. The fourth-order valence-electron chi connectivity index (χ4n) is 2.45. The van der Waals surface area contributed by atoms with Crippen molar-refractivity contribution >= 4 is 16.6 Å². The minimum absolute atomic E-state index is 0.783. The van der Waals surface area contributed by atoms with Gasteiger partial charge in [-0.15, -0.1) is 0 Å².